The number of aromatic nitrogens is 2. The minimum atomic E-state index is -0.0621. The molecule has 1 N–H and O–H groups in total. The molecule has 1 aromatic heterocycles. The van der Waals surface area contributed by atoms with Crippen LogP contribution in [0.25, 0.3) is 0 Å². The lowest BCUT2D eigenvalue weighted by atomic mass is 9.93. The van der Waals surface area contributed by atoms with Gasteiger partial charge in [-0.25, -0.2) is 9.97 Å². The largest absolute Gasteiger partial charge is 0.460 e. The van der Waals surface area contributed by atoms with Gasteiger partial charge in [0.15, 0.2) is 0 Å². The van der Waals surface area contributed by atoms with Crippen LogP contribution in [0.5, 0.6) is 6.01 Å². The van der Waals surface area contributed by atoms with Crippen LogP contribution in [-0.2, 0) is 16.1 Å². The van der Waals surface area contributed by atoms with Crippen molar-refractivity contribution in [2.24, 2.45) is 0 Å². The number of carbonyl (C=O) groups excluding carboxylic acids is 1. The van der Waals surface area contributed by atoms with Crippen molar-refractivity contribution in [3.8, 4) is 6.01 Å². The van der Waals surface area contributed by atoms with Gasteiger partial charge in [0.25, 0.3) is 0 Å². The third-order valence-corrected chi connectivity index (χ3v) is 4.62. The van der Waals surface area contributed by atoms with Gasteiger partial charge in [0.05, 0.1) is 6.61 Å². The summed E-state index contributed by atoms with van der Waals surface area (Å²) in [5.41, 5.74) is 2.89. The normalized spacial score (nSPS) is 19.5. The highest BCUT2D eigenvalue weighted by molar-refractivity contribution is 5.77. The maximum atomic E-state index is 12.1. The molecule has 144 valence electrons. The van der Waals surface area contributed by atoms with Crippen molar-refractivity contribution in [2.45, 2.75) is 58.3 Å². The Hall–Kier alpha value is -2.47. The first-order chi connectivity index (χ1) is 13.1. The van der Waals surface area contributed by atoms with E-state index in [0.717, 1.165) is 42.6 Å². The summed E-state index contributed by atoms with van der Waals surface area (Å²) in [5, 5.41) is 3.06. The van der Waals surface area contributed by atoms with Gasteiger partial charge < -0.3 is 14.8 Å². The van der Waals surface area contributed by atoms with E-state index in [9.17, 15) is 4.79 Å². The van der Waals surface area contributed by atoms with Crippen LogP contribution in [0.3, 0.4) is 0 Å². The number of hydrogen-bond donors (Lipinski definition) is 1. The van der Waals surface area contributed by atoms with Crippen molar-refractivity contribution in [3.63, 3.8) is 0 Å². The average molecular weight is 369 g/mol. The molecule has 0 atom stereocenters. The Labute approximate surface area is 160 Å². The lowest BCUT2D eigenvalue weighted by molar-refractivity contribution is -0.127. The second-order valence-electron chi connectivity index (χ2n) is 7.07. The second kappa shape index (κ2) is 9.46. The van der Waals surface area contributed by atoms with Gasteiger partial charge in [-0.2, -0.15) is 0 Å². The smallest absolute Gasteiger partial charge is 0.317 e. The van der Waals surface area contributed by atoms with Crippen LogP contribution >= 0.6 is 0 Å². The summed E-state index contributed by atoms with van der Waals surface area (Å²) in [6, 6.07) is 12.4. The molecular formula is C21H27N3O3. The zero-order valence-corrected chi connectivity index (χ0v) is 16.0. The predicted molar refractivity (Wildman–Crippen MR) is 102 cm³/mol. The van der Waals surface area contributed by atoms with E-state index in [1.807, 2.05) is 50.2 Å². The quantitative estimate of drug-likeness (QED) is 0.812. The number of carbonyl (C=O) groups is 1. The Morgan fingerprint density at radius 1 is 1.07 bits per heavy atom. The number of aryl methyl sites for hydroxylation is 2. The van der Waals surface area contributed by atoms with Crippen LogP contribution in [0.15, 0.2) is 36.4 Å². The Morgan fingerprint density at radius 2 is 1.74 bits per heavy atom. The molecule has 1 amide bonds. The van der Waals surface area contributed by atoms with E-state index in [-0.39, 0.29) is 24.7 Å². The Balaban J connectivity index is 1.35. The van der Waals surface area contributed by atoms with Crippen molar-refractivity contribution < 1.29 is 14.3 Å². The molecule has 1 heterocycles. The Morgan fingerprint density at radius 3 is 2.41 bits per heavy atom. The lowest BCUT2D eigenvalue weighted by Crippen LogP contribution is -2.41. The number of benzene rings is 1. The first kappa shape index (κ1) is 19.3. The fraction of sp³-hybridized carbons (Fsp3) is 0.476. The number of amides is 1. The fourth-order valence-electron chi connectivity index (χ4n) is 3.33. The maximum absolute atomic E-state index is 12.1. The molecule has 1 aliphatic rings. The molecule has 1 aromatic carbocycles. The number of rotatable bonds is 7. The van der Waals surface area contributed by atoms with Crippen LogP contribution in [0, 0.1) is 13.8 Å². The van der Waals surface area contributed by atoms with Crippen molar-refractivity contribution in [2.75, 3.05) is 6.61 Å². The van der Waals surface area contributed by atoms with Crippen molar-refractivity contribution >= 4 is 5.91 Å². The monoisotopic (exact) mass is 369 g/mol. The Kier molecular flexibility index (Phi) is 6.76. The minimum absolute atomic E-state index is 0.0621. The molecule has 3 rings (SSSR count). The zero-order chi connectivity index (χ0) is 19.1. The number of nitrogens with one attached hydrogen (secondary N) is 1. The molecule has 0 radical (unpaired) electrons. The fourth-order valence-corrected chi connectivity index (χ4v) is 3.33. The molecule has 0 saturated heterocycles. The summed E-state index contributed by atoms with van der Waals surface area (Å²) in [6.45, 7) is 4.41. The highest BCUT2D eigenvalue weighted by Gasteiger charge is 2.24. The van der Waals surface area contributed by atoms with E-state index in [1.165, 1.54) is 0 Å². The number of ether oxygens (including phenoxy) is 2. The Bertz CT molecular complexity index is 723. The van der Waals surface area contributed by atoms with Crippen LogP contribution < -0.4 is 10.1 Å². The molecule has 0 bridgehead atoms. The molecule has 1 saturated carbocycles. The zero-order valence-electron chi connectivity index (χ0n) is 16.0. The van der Waals surface area contributed by atoms with Gasteiger partial charge in [-0.15, -0.1) is 0 Å². The van der Waals surface area contributed by atoms with E-state index in [2.05, 4.69) is 15.3 Å². The summed E-state index contributed by atoms with van der Waals surface area (Å²) >= 11 is 0. The highest BCUT2D eigenvalue weighted by atomic mass is 16.5. The molecular weight excluding hydrogens is 342 g/mol. The third-order valence-electron chi connectivity index (χ3n) is 4.62. The molecule has 6 heteroatoms. The SMILES string of the molecule is Cc1cc(C)nc(OC2CCC(NC(=O)COCc3ccccc3)CC2)n1. The first-order valence-electron chi connectivity index (χ1n) is 9.48. The lowest BCUT2D eigenvalue weighted by Gasteiger charge is -2.29. The topological polar surface area (TPSA) is 73.3 Å². The number of hydrogen-bond acceptors (Lipinski definition) is 5. The summed E-state index contributed by atoms with van der Waals surface area (Å²) in [7, 11) is 0. The predicted octanol–water partition coefficient (Wildman–Crippen LogP) is 3.12. The van der Waals surface area contributed by atoms with Crippen LogP contribution in [-0.4, -0.2) is 34.6 Å². The van der Waals surface area contributed by atoms with E-state index in [1.54, 1.807) is 0 Å². The van der Waals surface area contributed by atoms with Gasteiger partial charge in [0.1, 0.15) is 12.7 Å². The van der Waals surface area contributed by atoms with Gasteiger partial charge in [-0.1, -0.05) is 30.3 Å². The van der Waals surface area contributed by atoms with Crippen LogP contribution in [0.2, 0.25) is 0 Å². The molecule has 0 unspecified atom stereocenters. The molecule has 27 heavy (non-hydrogen) atoms. The second-order valence-corrected chi connectivity index (χ2v) is 7.07. The average Bonchev–Trinajstić information content (AvgIpc) is 2.63. The van der Waals surface area contributed by atoms with E-state index >= 15 is 0 Å². The highest BCUT2D eigenvalue weighted by Crippen LogP contribution is 2.22. The first-order valence-corrected chi connectivity index (χ1v) is 9.48. The van der Waals surface area contributed by atoms with E-state index in [0.29, 0.717) is 12.6 Å². The van der Waals surface area contributed by atoms with Gasteiger partial charge >= 0.3 is 6.01 Å². The van der Waals surface area contributed by atoms with E-state index in [4.69, 9.17) is 9.47 Å². The summed E-state index contributed by atoms with van der Waals surface area (Å²) in [5.74, 6) is -0.0621. The van der Waals surface area contributed by atoms with Gasteiger partial charge in [-0.05, 0) is 51.2 Å². The third kappa shape index (κ3) is 6.32. The number of nitrogens with zero attached hydrogens (tertiary/aromatic N) is 2. The standard InChI is InChI=1S/C21H27N3O3/c1-15-12-16(2)23-21(22-15)27-19-10-8-18(9-11-19)24-20(25)14-26-13-17-6-4-3-5-7-17/h3-7,12,18-19H,8-11,13-14H2,1-2H3,(H,24,25). The summed E-state index contributed by atoms with van der Waals surface area (Å²) < 4.78 is 11.4. The molecule has 1 aliphatic carbocycles. The van der Waals surface area contributed by atoms with Gasteiger partial charge in [-0.3, -0.25) is 4.79 Å². The molecule has 0 spiro atoms. The van der Waals surface area contributed by atoms with E-state index < -0.39 is 0 Å². The molecule has 6 nitrogen and oxygen atoms in total. The van der Waals surface area contributed by atoms with Crippen LogP contribution in [0.1, 0.15) is 42.6 Å². The van der Waals surface area contributed by atoms with Crippen LogP contribution in [0.4, 0.5) is 0 Å². The van der Waals surface area contributed by atoms with Crippen molar-refractivity contribution in [3.05, 3.63) is 53.3 Å². The molecule has 0 aliphatic heterocycles. The van der Waals surface area contributed by atoms with Gasteiger partial charge in [0, 0.05) is 17.4 Å². The van der Waals surface area contributed by atoms with Crippen molar-refractivity contribution in [1.82, 2.24) is 15.3 Å². The minimum Gasteiger partial charge on any atom is -0.460 e. The summed E-state index contributed by atoms with van der Waals surface area (Å²) in [4.78, 5) is 20.7. The molecule has 2 aromatic rings. The maximum Gasteiger partial charge on any atom is 0.317 e. The molecule has 1 fully saturated rings. The van der Waals surface area contributed by atoms with Crippen molar-refractivity contribution in [1.29, 1.82) is 0 Å². The summed E-state index contributed by atoms with van der Waals surface area (Å²) in [6.07, 6.45) is 3.65. The van der Waals surface area contributed by atoms with Gasteiger partial charge in [0.2, 0.25) is 5.91 Å².